The molecule has 0 radical (unpaired) electrons. The Morgan fingerprint density at radius 3 is 2.00 bits per heavy atom. The van der Waals surface area contributed by atoms with Gasteiger partial charge in [-0.2, -0.15) is 0 Å². The second kappa shape index (κ2) is 8.52. The maximum absolute atomic E-state index is 12.4. The van der Waals surface area contributed by atoms with Crippen molar-refractivity contribution in [2.45, 2.75) is 26.7 Å². The van der Waals surface area contributed by atoms with Gasteiger partial charge in [0.1, 0.15) is 0 Å². The largest absolute Gasteiger partial charge is 1.00 e. The molecule has 1 amide bonds. The molecule has 0 N–H and O–H groups in total. The summed E-state index contributed by atoms with van der Waals surface area (Å²) in [6.45, 7) is 13.6. The van der Waals surface area contributed by atoms with E-state index in [0.717, 1.165) is 44.6 Å². The summed E-state index contributed by atoms with van der Waals surface area (Å²) >= 11 is 0. The van der Waals surface area contributed by atoms with Crippen molar-refractivity contribution in [1.82, 2.24) is 4.90 Å². The van der Waals surface area contributed by atoms with Gasteiger partial charge in [-0.25, -0.2) is 0 Å². The Kier molecular flexibility index (Phi) is 6.92. The predicted octanol–water partition coefficient (Wildman–Crippen LogP) is -0.397. The van der Waals surface area contributed by atoms with E-state index in [9.17, 15) is 4.79 Å². The standard InChI is InChI=1S/C19H30N3O.HI/c1-3-22(4-2)15-13-20(14-16-22)18-9-7-17(8-10-18)19(23)21-11-5-6-12-21;/h7-10H,3-6,11-16H2,1-2H3;1H/q+1;/p-1. The molecule has 1 aromatic carbocycles. The number of carbonyl (C=O) groups excluding carboxylic acids is 1. The van der Waals surface area contributed by atoms with Crippen LogP contribution in [0.5, 0.6) is 0 Å². The number of carbonyl (C=O) groups is 1. The van der Waals surface area contributed by atoms with Crippen LogP contribution in [0.1, 0.15) is 37.0 Å². The first-order chi connectivity index (χ1) is 11.2. The molecule has 0 spiro atoms. The van der Waals surface area contributed by atoms with Crippen molar-refractivity contribution in [3.63, 3.8) is 0 Å². The van der Waals surface area contributed by atoms with Crippen molar-refractivity contribution in [3.8, 4) is 0 Å². The average Bonchev–Trinajstić information content (AvgIpc) is 3.16. The molecular weight excluding hydrogens is 413 g/mol. The van der Waals surface area contributed by atoms with Gasteiger partial charge in [-0.05, 0) is 51.0 Å². The SMILES string of the molecule is CC[N+]1(CC)CCN(c2ccc(C(=O)N3CCCC3)cc2)CC1.[I-]. The number of quaternary nitrogens is 1. The minimum absolute atomic E-state index is 0. The summed E-state index contributed by atoms with van der Waals surface area (Å²) in [5.41, 5.74) is 2.09. The third kappa shape index (κ3) is 4.04. The first kappa shape index (κ1) is 19.5. The second-order valence-corrected chi connectivity index (χ2v) is 6.95. The predicted molar refractivity (Wildman–Crippen MR) is 94.9 cm³/mol. The van der Waals surface area contributed by atoms with Crippen LogP contribution in [0.15, 0.2) is 24.3 Å². The molecule has 2 aliphatic rings. The fourth-order valence-corrected chi connectivity index (χ4v) is 3.92. The van der Waals surface area contributed by atoms with Crippen molar-refractivity contribution < 1.29 is 33.3 Å². The van der Waals surface area contributed by atoms with E-state index < -0.39 is 0 Å². The summed E-state index contributed by atoms with van der Waals surface area (Å²) in [4.78, 5) is 16.8. The van der Waals surface area contributed by atoms with E-state index in [1.165, 1.54) is 36.3 Å². The van der Waals surface area contributed by atoms with Gasteiger partial charge in [0.05, 0.1) is 39.3 Å². The van der Waals surface area contributed by atoms with Crippen LogP contribution < -0.4 is 28.9 Å². The highest BCUT2D eigenvalue weighted by atomic mass is 127. The van der Waals surface area contributed by atoms with Crippen molar-refractivity contribution in [3.05, 3.63) is 29.8 Å². The normalized spacial score (nSPS) is 19.9. The lowest BCUT2D eigenvalue weighted by Crippen LogP contribution is -3.00. The number of hydrogen-bond acceptors (Lipinski definition) is 2. The maximum Gasteiger partial charge on any atom is 0.253 e. The minimum Gasteiger partial charge on any atom is -1.00 e. The molecule has 4 nitrogen and oxygen atoms in total. The van der Waals surface area contributed by atoms with Gasteiger partial charge >= 0.3 is 0 Å². The van der Waals surface area contributed by atoms with E-state index >= 15 is 0 Å². The molecule has 0 unspecified atom stereocenters. The maximum atomic E-state index is 12.4. The lowest BCUT2D eigenvalue weighted by molar-refractivity contribution is -0.925. The Hall–Kier alpha value is -0.820. The first-order valence-corrected chi connectivity index (χ1v) is 9.17. The van der Waals surface area contributed by atoms with Crippen molar-refractivity contribution in [2.75, 3.05) is 57.3 Å². The molecule has 0 aliphatic carbocycles. The van der Waals surface area contributed by atoms with Crippen molar-refractivity contribution >= 4 is 11.6 Å². The molecule has 0 aromatic heterocycles. The van der Waals surface area contributed by atoms with Crippen LogP contribution in [-0.4, -0.2) is 67.6 Å². The molecule has 2 heterocycles. The average molecular weight is 443 g/mol. The molecule has 0 saturated carbocycles. The number of anilines is 1. The summed E-state index contributed by atoms with van der Waals surface area (Å²) in [7, 11) is 0. The van der Waals surface area contributed by atoms with Gasteiger partial charge in [0.2, 0.25) is 0 Å². The zero-order valence-corrected chi connectivity index (χ0v) is 17.2. The smallest absolute Gasteiger partial charge is 0.253 e. The van der Waals surface area contributed by atoms with Gasteiger partial charge in [0.25, 0.3) is 5.91 Å². The fourth-order valence-electron chi connectivity index (χ4n) is 3.92. The lowest BCUT2D eigenvalue weighted by atomic mass is 10.1. The van der Waals surface area contributed by atoms with Crippen LogP contribution in [0.25, 0.3) is 0 Å². The second-order valence-electron chi connectivity index (χ2n) is 6.95. The summed E-state index contributed by atoms with van der Waals surface area (Å²) in [6.07, 6.45) is 2.29. The van der Waals surface area contributed by atoms with Gasteiger partial charge in [-0.1, -0.05) is 0 Å². The van der Waals surface area contributed by atoms with E-state index in [1.807, 2.05) is 17.0 Å². The molecule has 1 aromatic rings. The Labute approximate surface area is 163 Å². The molecule has 24 heavy (non-hydrogen) atoms. The van der Waals surface area contributed by atoms with Crippen LogP contribution in [0.4, 0.5) is 5.69 Å². The van der Waals surface area contributed by atoms with Gasteiger partial charge in [-0.3, -0.25) is 4.79 Å². The van der Waals surface area contributed by atoms with Crippen LogP contribution in [0.3, 0.4) is 0 Å². The highest BCUT2D eigenvalue weighted by Gasteiger charge is 2.29. The molecule has 2 fully saturated rings. The van der Waals surface area contributed by atoms with Gasteiger partial charge in [0, 0.05) is 24.3 Å². The quantitative estimate of drug-likeness (QED) is 0.468. The summed E-state index contributed by atoms with van der Waals surface area (Å²) in [6, 6.07) is 8.26. The third-order valence-corrected chi connectivity index (χ3v) is 5.90. The molecule has 2 aliphatic heterocycles. The Balaban J connectivity index is 0.00000208. The van der Waals surface area contributed by atoms with E-state index in [1.54, 1.807) is 0 Å². The highest BCUT2D eigenvalue weighted by molar-refractivity contribution is 5.94. The summed E-state index contributed by atoms with van der Waals surface area (Å²) < 4.78 is 1.24. The highest BCUT2D eigenvalue weighted by Crippen LogP contribution is 2.21. The Morgan fingerprint density at radius 2 is 1.50 bits per heavy atom. The Bertz CT molecular complexity index is 526. The van der Waals surface area contributed by atoms with Gasteiger partial charge in [-0.15, -0.1) is 0 Å². The minimum atomic E-state index is 0. The molecular formula is C19H30IN3O. The summed E-state index contributed by atoms with van der Waals surface area (Å²) in [5.74, 6) is 0.195. The van der Waals surface area contributed by atoms with E-state index in [0.29, 0.717) is 0 Å². The van der Waals surface area contributed by atoms with Crippen LogP contribution in [-0.2, 0) is 0 Å². The van der Waals surface area contributed by atoms with Crippen LogP contribution in [0.2, 0.25) is 0 Å². The number of likely N-dealkylation sites (tertiary alicyclic amines) is 1. The zero-order valence-electron chi connectivity index (χ0n) is 15.0. The number of amides is 1. The van der Waals surface area contributed by atoms with E-state index in [4.69, 9.17) is 0 Å². The monoisotopic (exact) mass is 443 g/mol. The molecule has 134 valence electrons. The fraction of sp³-hybridized carbons (Fsp3) is 0.632. The van der Waals surface area contributed by atoms with Gasteiger partial charge < -0.3 is 38.3 Å². The van der Waals surface area contributed by atoms with Crippen molar-refractivity contribution in [2.24, 2.45) is 0 Å². The van der Waals surface area contributed by atoms with E-state index in [-0.39, 0.29) is 29.9 Å². The topological polar surface area (TPSA) is 23.6 Å². The molecule has 0 atom stereocenters. The third-order valence-electron chi connectivity index (χ3n) is 5.90. The molecule has 2 saturated heterocycles. The number of benzene rings is 1. The first-order valence-electron chi connectivity index (χ1n) is 9.17. The lowest BCUT2D eigenvalue weighted by Gasteiger charge is -2.44. The Morgan fingerprint density at radius 1 is 0.958 bits per heavy atom. The zero-order chi connectivity index (χ0) is 16.3. The van der Waals surface area contributed by atoms with Crippen LogP contribution >= 0.6 is 0 Å². The van der Waals surface area contributed by atoms with Crippen LogP contribution in [0, 0.1) is 0 Å². The van der Waals surface area contributed by atoms with Crippen molar-refractivity contribution in [1.29, 1.82) is 0 Å². The number of hydrogen-bond donors (Lipinski definition) is 0. The number of piperazine rings is 1. The van der Waals surface area contributed by atoms with Gasteiger partial charge in [0.15, 0.2) is 0 Å². The van der Waals surface area contributed by atoms with E-state index in [2.05, 4.69) is 30.9 Å². The number of likely N-dealkylation sites (N-methyl/N-ethyl adjacent to an activating group) is 1. The molecule has 3 rings (SSSR count). The number of halogens is 1. The number of rotatable bonds is 4. The molecule has 0 bridgehead atoms. The number of nitrogens with zero attached hydrogens (tertiary/aromatic N) is 3. The molecule has 5 heteroatoms. The summed E-state index contributed by atoms with van der Waals surface area (Å²) in [5, 5.41) is 0.